The smallest absolute Gasteiger partial charge is 0.368 e. The molecule has 1 heterocycles. The zero-order valence-corrected chi connectivity index (χ0v) is 11.9. The maximum atomic E-state index is 8.69. The normalized spacial score (nSPS) is 18.6. The summed E-state index contributed by atoms with van der Waals surface area (Å²) in [6, 6.07) is 12.5. The maximum Gasteiger partial charge on any atom is 2.00 e. The van der Waals surface area contributed by atoms with E-state index < -0.39 is 6.29 Å². The van der Waals surface area contributed by atoms with E-state index in [2.05, 4.69) is 6.07 Å². The van der Waals surface area contributed by atoms with Crippen LogP contribution in [-0.2, 0) is 4.74 Å². The van der Waals surface area contributed by atoms with E-state index in [0.717, 1.165) is 25.9 Å². The van der Waals surface area contributed by atoms with Gasteiger partial charge in [0.05, 0.1) is 0 Å². The molecule has 0 spiro atoms. The third kappa shape index (κ3) is 10.7. The predicted octanol–water partition coefficient (Wildman–Crippen LogP) is 2.19. The molecule has 0 bridgehead atoms. The predicted molar refractivity (Wildman–Crippen MR) is 67.2 cm³/mol. The summed E-state index contributed by atoms with van der Waals surface area (Å²) in [5.41, 5.74) is 0. The minimum atomic E-state index is -0.464. The van der Waals surface area contributed by atoms with Gasteiger partial charge in [0.2, 0.25) is 0 Å². The molecule has 15 heavy (non-hydrogen) atoms. The van der Waals surface area contributed by atoms with Crippen LogP contribution in [0, 0.1) is 6.07 Å². The van der Waals surface area contributed by atoms with E-state index in [1.54, 1.807) is 0 Å². The zero-order valence-electron chi connectivity index (χ0n) is 8.76. The standard InChI is InChI=1S/C6H5.C5H10O2.BrH.Mg/c1-2-4-6-5-3-1;6-5-3-1-2-4-7-5;;/h1-5H;5-6H,1-4H2;1H;/q-1;;;+2. The second kappa shape index (κ2) is 12.5. The molecule has 2 nitrogen and oxygen atoms in total. The molecular weight excluding hydrogens is 268 g/mol. The van der Waals surface area contributed by atoms with Gasteiger partial charge < -0.3 is 9.84 Å². The fraction of sp³-hybridized carbons (Fsp3) is 0.455. The van der Waals surface area contributed by atoms with E-state index in [1.165, 1.54) is 0 Å². The summed E-state index contributed by atoms with van der Waals surface area (Å²) in [6.07, 6.45) is 2.58. The fourth-order valence-corrected chi connectivity index (χ4v) is 1.07. The molecule has 0 radical (unpaired) electrons. The molecule has 0 aliphatic carbocycles. The molecule has 0 aromatic heterocycles. The Bertz CT molecular complexity index is 176. The van der Waals surface area contributed by atoms with Crippen LogP contribution in [-0.4, -0.2) is 41.1 Å². The topological polar surface area (TPSA) is 29.5 Å². The van der Waals surface area contributed by atoms with Crippen molar-refractivity contribution in [2.45, 2.75) is 25.6 Å². The number of aliphatic hydroxyl groups excluding tert-OH is 1. The molecule has 1 aromatic rings. The summed E-state index contributed by atoms with van der Waals surface area (Å²) in [7, 11) is 0. The van der Waals surface area contributed by atoms with Crippen LogP contribution in [0.1, 0.15) is 19.3 Å². The van der Waals surface area contributed by atoms with Crippen LogP contribution in [0.3, 0.4) is 0 Å². The van der Waals surface area contributed by atoms with Crippen LogP contribution in [0.2, 0.25) is 0 Å². The second-order valence-electron chi connectivity index (χ2n) is 2.90. The van der Waals surface area contributed by atoms with Gasteiger partial charge in [-0.05, 0) is 19.3 Å². The van der Waals surface area contributed by atoms with Crippen molar-refractivity contribution >= 4 is 40.0 Å². The first-order valence-corrected chi connectivity index (χ1v) is 4.60. The van der Waals surface area contributed by atoms with Gasteiger partial charge in [-0.3, -0.25) is 0 Å². The minimum absolute atomic E-state index is 0. The molecule has 1 fully saturated rings. The van der Waals surface area contributed by atoms with E-state index in [9.17, 15) is 0 Å². The molecule has 80 valence electrons. The van der Waals surface area contributed by atoms with Crippen molar-refractivity contribution in [2.24, 2.45) is 0 Å². The molecule has 1 aliphatic rings. The van der Waals surface area contributed by atoms with E-state index in [-0.39, 0.29) is 40.0 Å². The molecule has 1 atom stereocenters. The van der Waals surface area contributed by atoms with Gasteiger partial charge in [0, 0.05) is 6.61 Å². The number of rotatable bonds is 0. The number of aliphatic hydroxyl groups is 1. The third-order valence-corrected chi connectivity index (χ3v) is 1.76. The number of benzene rings is 1. The Kier molecular flexibility index (Phi) is 14.8. The third-order valence-electron chi connectivity index (χ3n) is 1.76. The molecule has 0 saturated carbocycles. The second-order valence-corrected chi connectivity index (χ2v) is 2.90. The van der Waals surface area contributed by atoms with Crippen LogP contribution in [0.15, 0.2) is 30.3 Å². The van der Waals surface area contributed by atoms with Gasteiger partial charge in [-0.1, -0.05) is 0 Å². The summed E-state index contributed by atoms with van der Waals surface area (Å²) >= 11 is 0. The quantitative estimate of drug-likeness (QED) is 0.584. The first kappa shape index (κ1) is 17.8. The van der Waals surface area contributed by atoms with Crippen molar-refractivity contribution in [2.75, 3.05) is 6.61 Å². The Balaban J connectivity index is 0. The summed E-state index contributed by atoms with van der Waals surface area (Å²) in [5.74, 6) is 0. The van der Waals surface area contributed by atoms with Crippen molar-refractivity contribution < 1.29 is 9.84 Å². The Labute approximate surface area is 118 Å². The van der Waals surface area contributed by atoms with Crippen molar-refractivity contribution in [1.29, 1.82) is 0 Å². The van der Waals surface area contributed by atoms with Crippen LogP contribution in [0.25, 0.3) is 0 Å². The Morgan fingerprint density at radius 3 is 2.00 bits per heavy atom. The summed E-state index contributed by atoms with van der Waals surface area (Å²) < 4.78 is 4.83. The molecule has 1 aromatic carbocycles. The number of hydrogen-bond acceptors (Lipinski definition) is 2. The van der Waals surface area contributed by atoms with Crippen molar-refractivity contribution in [1.82, 2.24) is 0 Å². The molecule has 0 amide bonds. The number of halogens is 1. The molecule has 1 saturated heterocycles. The van der Waals surface area contributed by atoms with Crippen LogP contribution < -0.4 is 0 Å². The Morgan fingerprint density at radius 1 is 1.13 bits per heavy atom. The summed E-state index contributed by atoms with van der Waals surface area (Å²) in [4.78, 5) is 0. The fourth-order valence-electron chi connectivity index (χ4n) is 1.07. The van der Waals surface area contributed by atoms with E-state index in [1.807, 2.05) is 30.3 Å². The number of hydrogen-bond donors (Lipinski definition) is 1. The average molecular weight is 284 g/mol. The largest absolute Gasteiger partial charge is 2.00 e. The molecule has 4 heteroatoms. The first-order valence-electron chi connectivity index (χ1n) is 4.60. The summed E-state index contributed by atoms with van der Waals surface area (Å²) in [6.45, 7) is 0.737. The minimum Gasteiger partial charge on any atom is -0.368 e. The van der Waals surface area contributed by atoms with E-state index in [0.29, 0.717) is 0 Å². The summed E-state index contributed by atoms with van der Waals surface area (Å²) in [5, 5.41) is 8.69. The van der Waals surface area contributed by atoms with Gasteiger partial charge in [-0.2, -0.15) is 36.4 Å². The SMILES string of the molecule is Br.OC1CCCCO1.[Mg+2].[c-]1ccccc1. The van der Waals surface area contributed by atoms with Crippen LogP contribution >= 0.6 is 17.0 Å². The van der Waals surface area contributed by atoms with E-state index >= 15 is 0 Å². The first-order chi connectivity index (χ1) is 6.39. The maximum absolute atomic E-state index is 8.69. The molecule has 1 N–H and O–H groups in total. The van der Waals surface area contributed by atoms with Gasteiger partial charge in [0.25, 0.3) is 0 Å². The monoisotopic (exact) mass is 283 g/mol. The average Bonchev–Trinajstić information content (AvgIpc) is 2.22. The Morgan fingerprint density at radius 2 is 1.80 bits per heavy atom. The van der Waals surface area contributed by atoms with Gasteiger partial charge in [-0.25, -0.2) is 0 Å². The number of ether oxygens (including phenoxy) is 1. The molecule has 2 rings (SSSR count). The van der Waals surface area contributed by atoms with Crippen LogP contribution in [0.5, 0.6) is 0 Å². The van der Waals surface area contributed by atoms with Crippen molar-refractivity contribution in [3.63, 3.8) is 0 Å². The molecular formula is C11H16BrMgO2+. The van der Waals surface area contributed by atoms with Crippen molar-refractivity contribution in [3.05, 3.63) is 36.4 Å². The zero-order chi connectivity index (χ0) is 9.36. The molecule has 1 unspecified atom stereocenters. The van der Waals surface area contributed by atoms with Gasteiger partial charge in [-0.15, -0.1) is 17.0 Å². The van der Waals surface area contributed by atoms with Crippen LogP contribution in [0.4, 0.5) is 0 Å². The van der Waals surface area contributed by atoms with Gasteiger partial charge in [0.1, 0.15) is 0 Å². The van der Waals surface area contributed by atoms with Crippen molar-refractivity contribution in [3.8, 4) is 0 Å². The van der Waals surface area contributed by atoms with E-state index in [4.69, 9.17) is 9.84 Å². The van der Waals surface area contributed by atoms with Gasteiger partial charge in [0.15, 0.2) is 6.29 Å². The Hall–Kier alpha value is 0.386. The van der Waals surface area contributed by atoms with Gasteiger partial charge >= 0.3 is 23.1 Å². The molecule has 1 aliphatic heterocycles.